The lowest BCUT2D eigenvalue weighted by Gasteiger charge is -2.19. The molecule has 0 heterocycles. The summed E-state index contributed by atoms with van der Waals surface area (Å²) in [6.07, 6.45) is 0. The van der Waals surface area contributed by atoms with Crippen LogP contribution < -0.4 is 16.0 Å². The van der Waals surface area contributed by atoms with Crippen molar-refractivity contribution in [3.8, 4) is 5.75 Å². The van der Waals surface area contributed by atoms with Crippen molar-refractivity contribution in [3.63, 3.8) is 0 Å². The Morgan fingerprint density at radius 1 is 1.25 bits per heavy atom. The molecule has 2 rings (SSSR count). The van der Waals surface area contributed by atoms with E-state index in [-0.39, 0.29) is 6.04 Å². The van der Waals surface area contributed by atoms with Crippen molar-refractivity contribution < 1.29 is 4.74 Å². The van der Waals surface area contributed by atoms with Crippen molar-refractivity contribution in [3.05, 3.63) is 63.6 Å². The number of benzene rings is 2. The first-order chi connectivity index (χ1) is 9.65. The van der Waals surface area contributed by atoms with Gasteiger partial charge in [-0.3, -0.25) is 5.84 Å². The number of hydrazine groups is 1. The fourth-order valence-electron chi connectivity index (χ4n) is 2.18. The van der Waals surface area contributed by atoms with E-state index in [1.165, 1.54) is 5.56 Å². The van der Waals surface area contributed by atoms with E-state index in [4.69, 9.17) is 10.6 Å². The highest BCUT2D eigenvalue weighted by Crippen LogP contribution is 2.30. The van der Waals surface area contributed by atoms with Gasteiger partial charge in [0.05, 0.1) is 12.6 Å². The van der Waals surface area contributed by atoms with Gasteiger partial charge in [-0.25, -0.2) is 5.43 Å². The highest BCUT2D eigenvalue weighted by atomic mass is 79.9. The zero-order chi connectivity index (χ0) is 14.5. The summed E-state index contributed by atoms with van der Waals surface area (Å²) in [6.45, 7) is 4.69. The Morgan fingerprint density at radius 3 is 2.70 bits per heavy atom. The fraction of sp³-hybridized carbons (Fsp3) is 0.250. The Bertz CT molecular complexity index is 586. The van der Waals surface area contributed by atoms with Crippen LogP contribution in [0.1, 0.15) is 29.7 Å². The van der Waals surface area contributed by atoms with E-state index in [1.807, 2.05) is 31.2 Å². The molecule has 3 N–H and O–H groups in total. The molecule has 0 bridgehead atoms. The molecule has 0 fully saturated rings. The lowest BCUT2D eigenvalue weighted by Crippen LogP contribution is -2.29. The van der Waals surface area contributed by atoms with Crippen LogP contribution in [-0.2, 0) is 0 Å². The van der Waals surface area contributed by atoms with E-state index in [0.717, 1.165) is 21.3 Å². The maximum absolute atomic E-state index is 5.76. The Labute approximate surface area is 128 Å². The van der Waals surface area contributed by atoms with Gasteiger partial charge >= 0.3 is 0 Å². The van der Waals surface area contributed by atoms with E-state index < -0.39 is 0 Å². The van der Waals surface area contributed by atoms with Crippen LogP contribution in [0.4, 0.5) is 0 Å². The second kappa shape index (κ2) is 6.88. The number of rotatable bonds is 5. The summed E-state index contributed by atoms with van der Waals surface area (Å²) in [5, 5.41) is 0. The van der Waals surface area contributed by atoms with Gasteiger partial charge in [-0.1, -0.05) is 40.2 Å². The lowest BCUT2D eigenvalue weighted by atomic mass is 9.98. The summed E-state index contributed by atoms with van der Waals surface area (Å²) in [5.41, 5.74) is 6.26. The first kappa shape index (κ1) is 15.0. The summed E-state index contributed by atoms with van der Waals surface area (Å²) >= 11 is 3.61. The highest BCUT2D eigenvalue weighted by Gasteiger charge is 2.16. The summed E-state index contributed by atoms with van der Waals surface area (Å²) < 4.78 is 6.59. The van der Waals surface area contributed by atoms with Crippen LogP contribution in [0, 0.1) is 6.92 Å². The molecule has 0 saturated carbocycles. The zero-order valence-electron chi connectivity index (χ0n) is 11.7. The number of aryl methyl sites for hydroxylation is 1. The molecule has 2 aromatic carbocycles. The van der Waals surface area contributed by atoms with Gasteiger partial charge in [0.25, 0.3) is 0 Å². The van der Waals surface area contributed by atoms with Crippen LogP contribution in [-0.4, -0.2) is 6.61 Å². The van der Waals surface area contributed by atoms with Crippen LogP contribution >= 0.6 is 15.9 Å². The number of hydrogen-bond acceptors (Lipinski definition) is 3. The molecular formula is C16H19BrN2O. The van der Waals surface area contributed by atoms with Crippen LogP contribution in [0.25, 0.3) is 0 Å². The first-order valence-corrected chi connectivity index (χ1v) is 7.40. The maximum atomic E-state index is 5.76. The van der Waals surface area contributed by atoms with E-state index in [2.05, 4.69) is 46.5 Å². The van der Waals surface area contributed by atoms with E-state index >= 15 is 0 Å². The normalized spacial score (nSPS) is 12.2. The number of hydrogen-bond donors (Lipinski definition) is 2. The van der Waals surface area contributed by atoms with Gasteiger partial charge in [0.1, 0.15) is 5.75 Å². The largest absolute Gasteiger partial charge is 0.494 e. The summed E-state index contributed by atoms with van der Waals surface area (Å²) in [7, 11) is 0. The van der Waals surface area contributed by atoms with Gasteiger partial charge in [-0.2, -0.15) is 0 Å². The lowest BCUT2D eigenvalue weighted by molar-refractivity contribution is 0.339. The van der Waals surface area contributed by atoms with E-state index in [0.29, 0.717) is 6.61 Å². The molecule has 0 aliphatic rings. The SMILES string of the molecule is CCOc1cccc(C(NN)c2ccc(C)cc2Br)c1. The summed E-state index contributed by atoms with van der Waals surface area (Å²) in [4.78, 5) is 0. The molecule has 0 spiro atoms. The number of halogens is 1. The van der Waals surface area contributed by atoms with Crippen molar-refractivity contribution in [2.75, 3.05) is 6.61 Å². The van der Waals surface area contributed by atoms with Crippen molar-refractivity contribution >= 4 is 15.9 Å². The predicted molar refractivity (Wildman–Crippen MR) is 85.7 cm³/mol. The van der Waals surface area contributed by atoms with Gasteiger partial charge in [-0.05, 0) is 48.7 Å². The van der Waals surface area contributed by atoms with Gasteiger partial charge in [0.2, 0.25) is 0 Å². The molecule has 2 aromatic rings. The van der Waals surface area contributed by atoms with Crippen LogP contribution in [0.2, 0.25) is 0 Å². The van der Waals surface area contributed by atoms with Gasteiger partial charge in [0.15, 0.2) is 0 Å². The third-order valence-electron chi connectivity index (χ3n) is 3.14. The zero-order valence-corrected chi connectivity index (χ0v) is 13.3. The predicted octanol–water partition coefficient (Wildman–Crippen LogP) is 3.71. The minimum atomic E-state index is -0.0784. The first-order valence-electron chi connectivity index (χ1n) is 6.60. The van der Waals surface area contributed by atoms with Crippen LogP contribution in [0.3, 0.4) is 0 Å². The highest BCUT2D eigenvalue weighted by molar-refractivity contribution is 9.10. The molecule has 0 aliphatic heterocycles. The molecule has 0 saturated heterocycles. The molecule has 20 heavy (non-hydrogen) atoms. The number of nitrogens with one attached hydrogen (secondary N) is 1. The molecule has 0 aliphatic carbocycles. The van der Waals surface area contributed by atoms with E-state index in [9.17, 15) is 0 Å². The molecule has 106 valence electrons. The van der Waals surface area contributed by atoms with Crippen LogP contribution in [0.15, 0.2) is 46.9 Å². The average molecular weight is 335 g/mol. The molecule has 0 amide bonds. The average Bonchev–Trinajstić information content (AvgIpc) is 2.43. The smallest absolute Gasteiger partial charge is 0.119 e. The Balaban J connectivity index is 2.38. The summed E-state index contributed by atoms with van der Waals surface area (Å²) in [5.74, 6) is 6.61. The van der Waals surface area contributed by atoms with Crippen molar-refractivity contribution in [1.29, 1.82) is 0 Å². The number of ether oxygens (including phenoxy) is 1. The minimum absolute atomic E-state index is 0.0784. The Hall–Kier alpha value is -1.36. The summed E-state index contributed by atoms with van der Waals surface area (Å²) in [6, 6.07) is 14.2. The molecule has 0 aromatic heterocycles. The quantitative estimate of drug-likeness (QED) is 0.647. The molecule has 0 radical (unpaired) electrons. The van der Waals surface area contributed by atoms with Crippen LogP contribution in [0.5, 0.6) is 5.75 Å². The van der Waals surface area contributed by atoms with Gasteiger partial charge in [0, 0.05) is 4.47 Å². The van der Waals surface area contributed by atoms with Crippen molar-refractivity contribution in [2.45, 2.75) is 19.9 Å². The fourth-order valence-corrected chi connectivity index (χ4v) is 2.90. The number of nitrogens with two attached hydrogens (primary N) is 1. The third-order valence-corrected chi connectivity index (χ3v) is 3.82. The van der Waals surface area contributed by atoms with Gasteiger partial charge < -0.3 is 4.74 Å². The molecule has 3 nitrogen and oxygen atoms in total. The Kier molecular flexibility index (Phi) is 5.17. The second-order valence-corrected chi connectivity index (χ2v) is 5.48. The van der Waals surface area contributed by atoms with E-state index in [1.54, 1.807) is 0 Å². The van der Waals surface area contributed by atoms with Crippen molar-refractivity contribution in [1.82, 2.24) is 5.43 Å². The molecule has 1 atom stereocenters. The van der Waals surface area contributed by atoms with Crippen molar-refractivity contribution in [2.24, 2.45) is 5.84 Å². The second-order valence-electron chi connectivity index (χ2n) is 4.63. The Morgan fingerprint density at radius 2 is 2.05 bits per heavy atom. The van der Waals surface area contributed by atoms with Gasteiger partial charge in [-0.15, -0.1) is 0 Å². The minimum Gasteiger partial charge on any atom is -0.494 e. The molecule has 4 heteroatoms. The third kappa shape index (κ3) is 3.39. The molecule has 1 unspecified atom stereocenters. The maximum Gasteiger partial charge on any atom is 0.119 e. The standard InChI is InChI=1S/C16H19BrN2O/c1-3-20-13-6-4-5-12(10-13)16(19-18)14-8-7-11(2)9-15(14)17/h4-10,16,19H,3,18H2,1-2H3. The topological polar surface area (TPSA) is 47.3 Å². The molecular weight excluding hydrogens is 316 g/mol. The monoisotopic (exact) mass is 334 g/mol.